The molecule has 2 heterocycles. The van der Waals surface area contributed by atoms with E-state index in [1.807, 2.05) is 61.5 Å². The Bertz CT molecular complexity index is 1470. The van der Waals surface area contributed by atoms with Gasteiger partial charge in [-0.25, -0.2) is 4.79 Å². The lowest BCUT2D eigenvalue weighted by atomic mass is 10.0. The Morgan fingerprint density at radius 1 is 0.900 bits per heavy atom. The molecule has 5 aromatic rings. The van der Waals surface area contributed by atoms with Gasteiger partial charge in [-0.3, -0.25) is 10.1 Å². The maximum atomic E-state index is 12.7. The van der Waals surface area contributed by atoms with Crippen molar-refractivity contribution in [3.05, 3.63) is 88.3 Å². The number of rotatable bonds is 3. The summed E-state index contributed by atoms with van der Waals surface area (Å²) in [6, 6.07) is 20.2. The SMILES string of the molecule is Cc1ccc(-c2nnc(NC(=O)c3cc4c(ccc5ccccc54)oc3=O)o2)cc1. The van der Waals surface area contributed by atoms with Crippen LogP contribution in [-0.4, -0.2) is 16.1 Å². The van der Waals surface area contributed by atoms with Crippen molar-refractivity contribution in [2.45, 2.75) is 6.92 Å². The summed E-state index contributed by atoms with van der Waals surface area (Å²) in [6.45, 7) is 1.97. The van der Waals surface area contributed by atoms with Crippen LogP contribution in [0, 0.1) is 6.92 Å². The molecule has 1 amide bonds. The second-order valence-electron chi connectivity index (χ2n) is 6.88. The van der Waals surface area contributed by atoms with E-state index in [9.17, 15) is 9.59 Å². The molecule has 0 saturated carbocycles. The first kappa shape index (κ1) is 17.8. The maximum Gasteiger partial charge on any atom is 0.349 e. The number of nitrogens with zero attached hydrogens (tertiary/aromatic N) is 2. The van der Waals surface area contributed by atoms with Gasteiger partial charge in [0.05, 0.1) is 0 Å². The first-order valence-electron chi connectivity index (χ1n) is 9.26. The number of carbonyl (C=O) groups excluding carboxylic acids is 1. The Morgan fingerprint density at radius 3 is 2.53 bits per heavy atom. The number of benzene rings is 3. The minimum Gasteiger partial charge on any atom is -0.422 e. The lowest BCUT2D eigenvalue weighted by molar-refractivity contribution is 0.102. The Hall–Kier alpha value is -4.26. The van der Waals surface area contributed by atoms with Gasteiger partial charge >= 0.3 is 11.6 Å². The second-order valence-corrected chi connectivity index (χ2v) is 6.88. The normalized spacial score (nSPS) is 11.1. The summed E-state index contributed by atoms with van der Waals surface area (Å²) in [4.78, 5) is 25.1. The van der Waals surface area contributed by atoms with Gasteiger partial charge in [0.2, 0.25) is 5.89 Å². The molecule has 0 aliphatic rings. The van der Waals surface area contributed by atoms with Crippen molar-refractivity contribution in [3.63, 3.8) is 0 Å². The number of carbonyl (C=O) groups is 1. The van der Waals surface area contributed by atoms with Crippen LogP contribution in [0.5, 0.6) is 0 Å². The van der Waals surface area contributed by atoms with E-state index >= 15 is 0 Å². The third kappa shape index (κ3) is 3.12. The molecule has 0 aliphatic carbocycles. The number of fused-ring (bicyclic) bond motifs is 3. The fourth-order valence-electron chi connectivity index (χ4n) is 3.28. The third-order valence-corrected chi connectivity index (χ3v) is 4.83. The summed E-state index contributed by atoms with van der Waals surface area (Å²) in [5, 5.41) is 12.8. The van der Waals surface area contributed by atoms with Crippen molar-refractivity contribution < 1.29 is 13.6 Å². The topological polar surface area (TPSA) is 98.2 Å². The number of aromatic nitrogens is 2. The zero-order valence-electron chi connectivity index (χ0n) is 15.9. The molecule has 0 unspecified atom stereocenters. The highest BCUT2D eigenvalue weighted by molar-refractivity contribution is 6.10. The molecule has 30 heavy (non-hydrogen) atoms. The first-order chi connectivity index (χ1) is 14.6. The average molecular weight is 397 g/mol. The molecule has 7 nitrogen and oxygen atoms in total. The molecule has 0 atom stereocenters. The lowest BCUT2D eigenvalue weighted by Gasteiger charge is -2.05. The van der Waals surface area contributed by atoms with Gasteiger partial charge in [0.15, 0.2) is 0 Å². The fourth-order valence-corrected chi connectivity index (χ4v) is 3.28. The van der Waals surface area contributed by atoms with Crippen molar-refractivity contribution >= 4 is 33.7 Å². The van der Waals surface area contributed by atoms with E-state index in [1.54, 1.807) is 6.07 Å². The van der Waals surface area contributed by atoms with E-state index in [4.69, 9.17) is 8.83 Å². The van der Waals surface area contributed by atoms with Gasteiger partial charge < -0.3 is 8.83 Å². The molecule has 0 saturated heterocycles. The van der Waals surface area contributed by atoms with Crippen LogP contribution in [0.15, 0.2) is 80.4 Å². The Labute approximate surface area is 170 Å². The van der Waals surface area contributed by atoms with Crippen molar-refractivity contribution in [1.29, 1.82) is 0 Å². The summed E-state index contributed by atoms with van der Waals surface area (Å²) < 4.78 is 10.9. The number of amides is 1. The van der Waals surface area contributed by atoms with E-state index in [0.29, 0.717) is 11.0 Å². The van der Waals surface area contributed by atoms with Crippen molar-refractivity contribution in [1.82, 2.24) is 10.2 Å². The van der Waals surface area contributed by atoms with E-state index in [1.165, 1.54) is 6.07 Å². The Morgan fingerprint density at radius 2 is 1.70 bits per heavy atom. The number of aryl methyl sites for hydroxylation is 1. The summed E-state index contributed by atoms with van der Waals surface area (Å²) in [6.07, 6.45) is 0. The smallest absolute Gasteiger partial charge is 0.349 e. The number of hydrogen-bond acceptors (Lipinski definition) is 6. The van der Waals surface area contributed by atoms with Crippen LogP contribution in [0.2, 0.25) is 0 Å². The predicted molar refractivity (Wildman–Crippen MR) is 112 cm³/mol. The van der Waals surface area contributed by atoms with Gasteiger partial charge in [0.25, 0.3) is 5.91 Å². The summed E-state index contributed by atoms with van der Waals surface area (Å²) >= 11 is 0. The zero-order valence-corrected chi connectivity index (χ0v) is 15.9. The molecule has 7 heteroatoms. The van der Waals surface area contributed by atoms with Crippen molar-refractivity contribution in [3.8, 4) is 11.5 Å². The molecule has 5 rings (SSSR count). The monoisotopic (exact) mass is 397 g/mol. The Kier molecular flexibility index (Phi) is 4.14. The van der Waals surface area contributed by atoms with Crippen LogP contribution in [-0.2, 0) is 0 Å². The minimum atomic E-state index is -0.742. The van der Waals surface area contributed by atoms with Gasteiger partial charge in [-0.2, -0.15) is 0 Å². The second kappa shape index (κ2) is 6.97. The molecular formula is C23H15N3O4. The van der Waals surface area contributed by atoms with Crippen LogP contribution >= 0.6 is 0 Å². The molecule has 146 valence electrons. The highest BCUT2D eigenvalue weighted by atomic mass is 16.4. The molecule has 1 N–H and O–H groups in total. The number of nitrogens with one attached hydrogen (secondary N) is 1. The zero-order chi connectivity index (χ0) is 20.7. The van der Waals surface area contributed by atoms with Gasteiger partial charge in [-0.15, -0.1) is 5.10 Å². The number of hydrogen-bond donors (Lipinski definition) is 1. The quantitative estimate of drug-likeness (QED) is 0.354. The highest BCUT2D eigenvalue weighted by Gasteiger charge is 2.18. The molecular weight excluding hydrogens is 382 g/mol. The summed E-state index contributed by atoms with van der Waals surface area (Å²) in [7, 11) is 0. The van der Waals surface area contributed by atoms with Crippen molar-refractivity contribution in [2.24, 2.45) is 0 Å². The molecule has 3 aromatic carbocycles. The van der Waals surface area contributed by atoms with Crippen LogP contribution in [0.1, 0.15) is 15.9 Å². The van der Waals surface area contributed by atoms with E-state index < -0.39 is 11.5 Å². The van der Waals surface area contributed by atoms with Gasteiger partial charge in [0.1, 0.15) is 11.1 Å². The largest absolute Gasteiger partial charge is 0.422 e. The molecule has 0 aliphatic heterocycles. The molecule has 0 bridgehead atoms. The van der Waals surface area contributed by atoms with E-state index in [-0.39, 0.29) is 17.5 Å². The van der Waals surface area contributed by atoms with Crippen LogP contribution in [0.3, 0.4) is 0 Å². The Balaban J connectivity index is 1.49. The van der Waals surface area contributed by atoms with Gasteiger partial charge in [-0.05, 0) is 42.0 Å². The van der Waals surface area contributed by atoms with Gasteiger partial charge in [-0.1, -0.05) is 53.1 Å². The van der Waals surface area contributed by atoms with Gasteiger partial charge in [0, 0.05) is 10.9 Å². The average Bonchev–Trinajstić information content (AvgIpc) is 3.22. The van der Waals surface area contributed by atoms with Crippen LogP contribution < -0.4 is 10.9 Å². The molecule has 0 radical (unpaired) electrons. The molecule has 2 aromatic heterocycles. The summed E-state index contributed by atoms with van der Waals surface area (Å²) in [5.41, 5.74) is 1.35. The third-order valence-electron chi connectivity index (χ3n) is 4.83. The predicted octanol–water partition coefficient (Wildman–Crippen LogP) is 4.56. The summed E-state index contributed by atoms with van der Waals surface area (Å²) in [5.74, 6) is -0.417. The maximum absolute atomic E-state index is 12.7. The fraction of sp³-hybridized carbons (Fsp3) is 0.0435. The highest BCUT2D eigenvalue weighted by Crippen LogP contribution is 2.25. The van der Waals surface area contributed by atoms with Crippen molar-refractivity contribution in [2.75, 3.05) is 5.32 Å². The number of anilines is 1. The van der Waals surface area contributed by atoms with Crippen LogP contribution in [0.4, 0.5) is 6.01 Å². The molecule has 0 fully saturated rings. The minimum absolute atomic E-state index is 0.104. The van der Waals surface area contributed by atoms with Crippen LogP contribution in [0.25, 0.3) is 33.2 Å². The van der Waals surface area contributed by atoms with E-state index in [0.717, 1.165) is 21.9 Å². The molecule has 0 spiro atoms. The van der Waals surface area contributed by atoms with E-state index in [2.05, 4.69) is 15.5 Å². The standard InChI is InChI=1S/C23H15N3O4/c1-13-6-8-15(9-7-13)21-25-26-23(30-21)24-20(27)18-12-17-16-5-3-2-4-14(16)10-11-19(17)29-22(18)28/h2-12H,1H3,(H,24,26,27). The lowest BCUT2D eigenvalue weighted by Crippen LogP contribution is -2.20. The first-order valence-corrected chi connectivity index (χ1v) is 9.26.